The third kappa shape index (κ3) is 3.50. The van der Waals surface area contributed by atoms with Gasteiger partial charge in [0.25, 0.3) is 0 Å². The number of nitrogens with zero attached hydrogens (tertiary/aromatic N) is 1. The molecule has 0 radical (unpaired) electrons. The Hall–Kier alpha value is -0.450. The van der Waals surface area contributed by atoms with Crippen LogP contribution in [0.5, 0.6) is 0 Å². The van der Waals surface area contributed by atoms with Gasteiger partial charge in [-0.25, -0.2) is 4.98 Å². The summed E-state index contributed by atoms with van der Waals surface area (Å²) < 4.78 is 0. The standard InChI is InChI=1S/C13H22N2OS/c1-10-11(2)17-12(15-10)8-14-9-13(16)6-4-3-5-7-13/h14,16H,3-9H2,1-2H3. The highest BCUT2D eigenvalue weighted by atomic mass is 32.1. The van der Waals surface area contributed by atoms with Gasteiger partial charge in [-0.05, 0) is 26.7 Å². The number of aromatic nitrogens is 1. The van der Waals surface area contributed by atoms with Crippen molar-refractivity contribution in [3.05, 3.63) is 15.6 Å². The number of hydrogen-bond acceptors (Lipinski definition) is 4. The Morgan fingerprint density at radius 3 is 2.59 bits per heavy atom. The maximum absolute atomic E-state index is 10.3. The van der Waals surface area contributed by atoms with Crippen LogP contribution in [0.2, 0.25) is 0 Å². The van der Waals surface area contributed by atoms with Gasteiger partial charge in [0.2, 0.25) is 0 Å². The van der Waals surface area contributed by atoms with E-state index in [9.17, 15) is 5.11 Å². The molecule has 1 saturated carbocycles. The molecule has 0 unspecified atom stereocenters. The number of rotatable bonds is 4. The minimum Gasteiger partial charge on any atom is -0.389 e. The fourth-order valence-electron chi connectivity index (χ4n) is 2.40. The second kappa shape index (κ2) is 5.46. The minimum atomic E-state index is -0.473. The molecule has 96 valence electrons. The predicted octanol–water partition coefficient (Wildman–Crippen LogP) is 2.54. The molecule has 0 bridgehead atoms. The van der Waals surface area contributed by atoms with Crippen molar-refractivity contribution in [2.45, 2.75) is 58.1 Å². The number of thiazole rings is 1. The number of aryl methyl sites for hydroxylation is 2. The van der Waals surface area contributed by atoms with Crippen molar-refractivity contribution in [1.29, 1.82) is 0 Å². The van der Waals surface area contributed by atoms with E-state index in [-0.39, 0.29) is 0 Å². The van der Waals surface area contributed by atoms with Crippen molar-refractivity contribution >= 4 is 11.3 Å². The molecule has 1 fully saturated rings. The molecule has 17 heavy (non-hydrogen) atoms. The topological polar surface area (TPSA) is 45.2 Å². The van der Waals surface area contributed by atoms with Gasteiger partial charge in [-0.1, -0.05) is 19.3 Å². The molecular weight excluding hydrogens is 232 g/mol. The van der Waals surface area contributed by atoms with Gasteiger partial charge in [0.15, 0.2) is 0 Å². The number of aliphatic hydroxyl groups is 1. The molecule has 1 aromatic rings. The molecule has 4 heteroatoms. The lowest BCUT2D eigenvalue weighted by atomic mass is 9.85. The summed E-state index contributed by atoms with van der Waals surface area (Å²) in [5.41, 5.74) is 0.655. The first-order valence-electron chi connectivity index (χ1n) is 6.45. The maximum Gasteiger partial charge on any atom is 0.107 e. The van der Waals surface area contributed by atoms with Gasteiger partial charge in [0.05, 0.1) is 11.3 Å². The first-order chi connectivity index (χ1) is 8.09. The zero-order valence-corrected chi connectivity index (χ0v) is 11.6. The lowest BCUT2D eigenvalue weighted by molar-refractivity contribution is 0.00467. The van der Waals surface area contributed by atoms with E-state index >= 15 is 0 Å². The van der Waals surface area contributed by atoms with Crippen LogP contribution in [0.25, 0.3) is 0 Å². The fourth-order valence-corrected chi connectivity index (χ4v) is 3.31. The molecule has 0 aromatic carbocycles. The highest BCUT2D eigenvalue weighted by molar-refractivity contribution is 7.11. The van der Waals surface area contributed by atoms with E-state index in [1.54, 1.807) is 11.3 Å². The smallest absolute Gasteiger partial charge is 0.107 e. The highest BCUT2D eigenvalue weighted by Crippen LogP contribution is 2.27. The zero-order chi connectivity index (χ0) is 12.3. The summed E-state index contributed by atoms with van der Waals surface area (Å²) in [5, 5.41) is 14.8. The van der Waals surface area contributed by atoms with Gasteiger partial charge in [-0.2, -0.15) is 0 Å². The van der Waals surface area contributed by atoms with Crippen molar-refractivity contribution < 1.29 is 5.11 Å². The molecule has 1 aromatic heterocycles. The minimum absolute atomic E-state index is 0.473. The SMILES string of the molecule is Cc1nc(CNCC2(O)CCCCC2)sc1C. The predicted molar refractivity (Wildman–Crippen MR) is 71.3 cm³/mol. The number of nitrogens with one attached hydrogen (secondary N) is 1. The normalized spacial score (nSPS) is 19.5. The third-order valence-electron chi connectivity index (χ3n) is 3.59. The summed E-state index contributed by atoms with van der Waals surface area (Å²) in [6.45, 7) is 5.63. The monoisotopic (exact) mass is 254 g/mol. The fraction of sp³-hybridized carbons (Fsp3) is 0.769. The second-order valence-electron chi connectivity index (χ2n) is 5.14. The Balaban J connectivity index is 1.78. The molecule has 0 amide bonds. The van der Waals surface area contributed by atoms with E-state index in [1.807, 2.05) is 6.92 Å². The van der Waals surface area contributed by atoms with Crippen LogP contribution in [-0.2, 0) is 6.54 Å². The summed E-state index contributed by atoms with van der Waals surface area (Å²) in [5.74, 6) is 0. The van der Waals surface area contributed by atoms with Crippen molar-refractivity contribution in [3.8, 4) is 0 Å². The first kappa shape index (κ1) is 13.0. The van der Waals surface area contributed by atoms with Crippen LogP contribution in [0.15, 0.2) is 0 Å². The van der Waals surface area contributed by atoms with Crippen LogP contribution in [0, 0.1) is 13.8 Å². The molecule has 0 aliphatic heterocycles. The second-order valence-corrected chi connectivity index (χ2v) is 6.43. The quantitative estimate of drug-likeness (QED) is 0.868. The molecule has 1 aliphatic rings. The van der Waals surface area contributed by atoms with Crippen LogP contribution >= 0.6 is 11.3 Å². The zero-order valence-electron chi connectivity index (χ0n) is 10.8. The van der Waals surface area contributed by atoms with Gasteiger partial charge in [0, 0.05) is 18.0 Å². The van der Waals surface area contributed by atoms with Crippen LogP contribution in [0.1, 0.15) is 47.7 Å². The summed E-state index contributed by atoms with van der Waals surface area (Å²) in [7, 11) is 0. The molecule has 0 spiro atoms. The molecule has 0 atom stereocenters. The van der Waals surface area contributed by atoms with Gasteiger partial charge in [-0.15, -0.1) is 11.3 Å². The molecule has 2 rings (SSSR count). The van der Waals surface area contributed by atoms with Gasteiger partial charge < -0.3 is 10.4 Å². The average Bonchev–Trinajstić information content (AvgIpc) is 2.59. The van der Waals surface area contributed by atoms with Crippen LogP contribution in [0.4, 0.5) is 0 Å². The van der Waals surface area contributed by atoms with E-state index in [2.05, 4.69) is 17.2 Å². The van der Waals surface area contributed by atoms with Crippen molar-refractivity contribution in [1.82, 2.24) is 10.3 Å². The molecule has 0 saturated heterocycles. The third-order valence-corrected chi connectivity index (χ3v) is 4.66. The average molecular weight is 254 g/mol. The Bertz CT molecular complexity index is 350. The Kier molecular flexibility index (Phi) is 4.17. The summed E-state index contributed by atoms with van der Waals surface area (Å²) in [6.07, 6.45) is 5.47. The largest absolute Gasteiger partial charge is 0.389 e. The van der Waals surface area contributed by atoms with Gasteiger partial charge >= 0.3 is 0 Å². The van der Waals surface area contributed by atoms with E-state index in [4.69, 9.17) is 0 Å². The summed E-state index contributed by atoms with van der Waals surface area (Å²) in [6, 6.07) is 0. The molecular formula is C13H22N2OS. The van der Waals surface area contributed by atoms with Crippen molar-refractivity contribution in [2.24, 2.45) is 0 Å². The van der Waals surface area contributed by atoms with Crippen LogP contribution in [0.3, 0.4) is 0 Å². The molecule has 3 nitrogen and oxygen atoms in total. The van der Waals surface area contributed by atoms with Crippen LogP contribution < -0.4 is 5.32 Å². The first-order valence-corrected chi connectivity index (χ1v) is 7.27. The molecule has 1 heterocycles. The summed E-state index contributed by atoms with van der Waals surface area (Å²) in [4.78, 5) is 5.78. The number of hydrogen-bond donors (Lipinski definition) is 2. The highest BCUT2D eigenvalue weighted by Gasteiger charge is 2.28. The van der Waals surface area contributed by atoms with Crippen LogP contribution in [-0.4, -0.2) is 22.2 Å². The maximum atomic E-state index is 10.3. The lowest BCUT2D eigenvalue weighted by Gasteiger charge is -2.32. The summed E-state index contributed by atoms with van der Waals surface area (Å²) >= 11 is 1.74. The van der Waals surface area contributed by atoms with E-state index in [0.29, 0.717) is 6.54 Å². The van der Waals surface area contributed by atoms with E-state index in [0.717, 1.165) is 42.9 Å². The molecule has 1 aliphatic carbocycles. The lowest BCUT2D eigenvalue weighted by Crippen LogP contribution is -2.41. The Morgan fingerprint density at radius 1 is 1.29 bits per heavy atom. The molecule has 2 N–H and O–H groups in total. The van der Waals surface area contributed by atoms with Crippen molar-refractivity contribution in [2.75, 3.05) is 6.54 Å². The van der Waals surface area contributed by atoms with E-state index in [1.165, 1.54) is 11.3 Å². The Morgan fingerprint density at radius 2 is 2.00 bits per heavy atom. The van der Waals surface area contributed by atoms with Crippen molar-refractivity contribution in [3.63, 3.8) is 0 Å². The Labute approximate surface area is 107 Å². The van der Waals surface area contributed by atoms with E-state index < -0.39 is 5.60 Å². The van der Waals surface area contributed by atoms with Gasteiger partial charge in [-0.3, -0.25) is 0 Å². The van der Waals surface area contributed by atoms with Gasteiger partial charge in [0.1, 0.15) is 5.01 Å².